The standard InChI is InChI=1S/C27H22N2O5S/c1-3-10-20-15-19(16-21(18-28)27-29-23-13-8-9-14-24(23)33-27)17-25(32-4-2)26(20)34-35(30,31)22-11-6-5-7-12-22/h3,5-9,11-17H,1,4,10H2,2H3/b21-16+. The molecule has 0 aliphatic heterocycles. The highest BCUT2D eigenvalue weighted by Gasteiger charge is 2.22. The van der Waals surface area contributed by atoms with E-state index in [4.69, 9.17) is 13.3 Å². The second-order valence-corrected chi connectivity index (χ2v) is 8.99. The molecule has 0 aliphatic carbocycles. The third-order valence-electron chi connectivity index (χ3n) is 5.00. The van der Waals surface area contributed by atoms with E-state index >= 15 is 0 Å². The van der Waals surface area contributed by atoms with Gasteiger partial charge in [0.15, 0.2) is 17.1 Å². The molecule has 0 radical (unpaired) electrons. The van der Waals surface area contributed by atoms with Crippen LogP contribution in [0.15, 0.2) is 88.7 Å². The lowest BCUT2D eigenvalue weighted by molar-refractivity contribution is 0.326. The lowest BCUT2D eigenvalue weighted by Gasteiger charge is -2.16. The number of nitrogens with zero attached hydrogens (tertiary/aromatic N) is 2. The van der Waals surface area contributed by atoms with Gasteiger partial charge in [-0.3, -0.25) is 0 Å². The Morgan fingerprint density at radius 3 is 2.57 bits per heavy atom. The minimum Gasteiger partial charge on any atom is -0.490 e. The van der Waals surface area contributed by atoms with Crippen LogP contribution in [0.4, 0.5) is 0 Å². The Bertz CT molecular complexity index is 1510. The molecule has 1 heterocycles. The SMILES string of the molecule is C=CCc1cc(/C=C(\C#N)c2nc3ccccc3o2)cc(OCC)c1OS(=O)(=O)c1ccccc1. The van der Waals surface area contributed by atoms with Gasteiger partial charge in [-0.05, 0) is 61.4 Å². The lowest BCUT2D eigenvalue weighted by Crippen LogP contribution is -2.12. The van der Waals surface area contributed by atoms with Crippen LogP contribution in [-0.2, 0) is 16.5 Å². The van der Waals surface area contributed by atoms with Crippen molar-refractivity contribution in [1.82, 2.24) is 4.98 Å². The van der Waals surface area contributed by atoms with Crippen molar-refractivity contribution in [3.63, 3.8) is 0 Å². The number of hydrogen-bond acceptors (Lipinski definition) is 7. The van der Waals surface area contributed by atoms with Crippen molar-refractivity contribution < 1.29 is 21.8 Å². The van der Waals surface area contributed by atoms with Crippen molar-refractivity contribution in [2.75, 3.05) is 6.61 Å². The van der Waals surface area contributed by atoms with Gasteiger partial charge in [-0.15, -0.1) is 6.58 Å². The summed E-state index contributed by atoms with van der Waals surface area (Å²) >= 11 is 0. The predicted molar refractivity (Wildman–Crippen MR) is 133 cm³/mol. The third-order valence-corrected chi connectivity index (χ3v) is 6.23. The average molecular weight is 487 g/mol. The highest BCUT2D eigenvalue weighted by molar-refractivity contribution is 7.87. The maximum Gasteiger partial charge on any atom is 0.339 e. The van der Waals surface area contributed by atoms with Crippen molar-refractivity contribution in [2.45, 2.75) is 18.2 Å². The van der Waals surface area contributed by atoms with E-state index in [1.54, 1.807) is 61.5 Å². The molecule has 0 fully saturated rings. The number of hydrogen-bond donors (Lipinski definition) is 0. The number of benzene rings is 3. The molecule has 1 aromatic heterocycles. The first-order valence-electron chi connectivity index (χ1n) is 10.8. The van der Waals surface area contributed by atoms with Crippen molar-refractivity contribution in [1.29, 1.82) is 5.26 Å². The predicted octanol–water partition coefficient (Wildman–Crippen LogP) is 5.79. The molecule has 0 bridgehead atoms. The van der Waals surface area contributed by atoms with Crippen LogP contribution in [0, 0.1) is 11.3 Å². The summed E-state index contributed by atoms with van der Waals surface area (Å²) in [6.45, 7) is 5.83. The molecule has 7 nitrogen and oxygen atoms in total. The van der Waals surface area contributed by atoms with Crippen LogP contribution in [-0.4, -0.2) is 20.0 Å². The molecule has 0 saturated heterocycles. The van der Waals surface area contributed by atoms with Crippen molar-refractivity contribution in [2.24, 2.45) is 0 Å². The van der Waals surface area contributed by atoms with Crippen LogP contribution in [0.1, 0.15) is 23.9 Å². The van der Waals surface area contributed by atoms with Gasteiger partial charge in [-0.25, -0.2) is 4.98 Å². The molecule has 0 atom stereocenters. The van der Waals surface area contributed by atoms with Gasteiger partial charge in [0.25, 0.3) is 0 Å². The first-order chi connectivity index (χ1) is 16.9. The van der Waals surface area contributed by atoms with Crippen LogP contribution in [0.25, 0.3) is 22.7 Å². The van der Waals surface area contributed by atoms with Gasteiger partial charge in [-0.1, -0.05) is 36.4 Å². The van der Waals surface area contributed by atoms with Crippen molar-refractivity contribution >= 4 is 32.9 Å². The number of fused-ring (bicyclic) bond motifs is 1. The van der Waals surface area contributed by atoms with E-state index in [0.717, 1.165) is 0 Å². The number of rotatable bonds is 9. The van der Waals surface area contributed by atoms with Gasteiger partial charge >= 0.3 is 10.1 Å². The fourth-order valence-corrected chi connectivity index (χ4v) is 4.47. The van der Waals surface area contributed by atoms with Crippen molar-refractivity contribution in [3.8, 4) is 17.6 Å². The highest BCUT2D eigenvalue weighted by atomic mass is 32.2. The van der Waals surface area contributed by atoms with Crippen LogP contribution in [0.3, 0.4) is 0 Å². The average Bonchev–Trinajstić information content (AvgIpc) is 3.29. The maximum absolute atomic E-state index is 12.9. The molecule has 4 aromatic rings. The molecule has 0 N–H and O–H groups in total. The number of nitriles is 1. The molecule has 35 heavy (non-hydrogen) atoms. The lowest BCUT2D eigenvalue weighted by atomic mass is 10.0. The number of para-hydroxylation sites is 2. The van der Waals surface area contributed by atoms with E-state index in [9.17, 15) is 13.7 Å². The zero-order valence-electron chi connectivity index (χ0n) is 19.0. The van der Waals surface area contributed by atoms with E-state index < -0.39 is 10.1 Å². The molecule has 4 rings (SSSR count). The zero-order valence-corrected chi connectivity index (χ0v) is 19.8. The number of ether oxygens (including phenoxy) is 1. The van der Waals surface area contributed by atoms with E-state index in [-0.39, 0.29) is 34.5 Å². The van der Waals surface area contributed by atoms with Crippen LogP contribution in [0.2, 0.25) is 0 Å². The van der Waals surface area contributed by atoms with Crippen LogP contribution in [0.5, 0.6) is 11.5 Å². The van der Waals surface area contributed by atoms with Crippen LogP contribution < -0.4 is 8.92 Å². The van der Waals surface area contributed by atoms with E-state index in [1.807, 2.05) is 12.1 Å². The number of aromatic nitrogens is 1. The molecule has 3 aromatic carbocycles. The van der Waals surface area contributed by atoms with Gasteiger partial charge in [0, 0.05) is 5.56 Å². The summed E-state index contributed by atoms with van der Waals surface area (Å²) in [5.74, 6) is 0.490. The van der Waals surface area contributed by atoms with Crippen molar-refractivity contribution in [3.05, 3.63) is 96.4 Å². The molecule has 8 heteroatoms. The third kappa shape index (κ3) is 5.26. The summed E-state index contributed by atoms with van der Waals surface area (Å²) in [5, 5.41) is 9.78. The molecular formula is C27H22N2O5S. The van der Waals surface area contributed by atoms with Gasteiger partial charge in [0.05, 0.1) is 6.61 Å². The molecule has 0 amide bonds. The Kier molecular flexibility index (Phi) is 6.99. The molecule has 0 aliphatic rings. The van der Waals surface area contributed by atoms with E-state index in [1.165, 1.54) is 12.1 Å². The molecular weight excluding hydrogens is 464 g/mol. The molecule has 176 valence electrons. The van der Waals surface area contributed by atoms with E-state index in [0.29, 0.717) is 28.6 Å². The molecule has 0 spiro atoms. The topological polar surface area (TPSA) is 102 Å². The Morgan fingerprint density at radius 1 is 1.14 bits per heavy atom. The summed E-state index contributed by atoms with van der Waals surface area (Å²) in [6, 6.07) is 20.6. The largest absolute Gasteiger partial charge is 0.490 e. The summed E-state index contributed by atoms with van der Waals surface area (Å²) in [7, 11) is -4.10. The summed E-state index contributed by atoms with van der Waals surface area (Å²) in [6.07, 6.45) is 3.55. The number of allylic oxidation sites excluding steroid dienone is 2. The summed E-state index contributed by atoms with van der Waals surface area (Å²) in [4.78, 5) is 4.41. The molecule has 0 unspecified atom stereocenters. The second kappa shape index (κ2) is 10.3. The maximum atomic E-state index is 12.9. The summed E-state index contributed by atoms with van der Waals surface area (Å²) in [5.41, 5.74) is 2.54. The Hall–Kier alpha value is -4.35. The highest BCUT2D eigenvalue weighted by Crippen LogP contribution is 2.37. The van der Waals surface area contributed by atoms with Crippen LogP contribution >= 0.6 is 0 Å². The zero-order chi connectivity index (χ0) is 24.8. The Labute approximate surface area is 203 Å². The summed E-state index contributed by atoms with van der Waals surface area (Å²) < 4.78 is 42.9. The van der Waals surface area contributed by atoms with Gasteiger partial charge in [0.1, 0.15) is 22.1 Å². The van der Waals surface area contributed by atoms with E-state index in [2.05, 4.69) is 17.6 Å². The minimum absolute atomic E-state index is 0.0266. The Balaban J connectivity index is 1.80. The normalized spacial score (nSPS) is 11.7. The molecule has 0 saturated carbocycles. The minimum atomic E-state index is -4.10. The number of oxazole rings is 1. The fraction of sp³-hybridized carbons (Fsp3) is 0.111. The first-order valence-corrected chi connectivity index (χ1v) is 12.2. The Morgan fingerprint density at radius 2 is 1.89 bits per heavy atom. The fourth-order valence-electron chi connectivity index (χ4n) is 3.47. The quantitative estimate of drug-likeness (QED) is 0.168. The van der Waals surface area contributed by atoms with Gasteiger partial charge in [-0.2, -0.15) is 13.7 Å². The first kappa shape index (κ1) is 23.8. The smallest absolute Gasteiger partial charge is 0.339 e. The van der Waals surface area contributed by atoms with Gasteiger partial charge in [0.2, 0.25) is 5.89 Å². The van der Waals surface area contributed by atoms with Gasteiger partial charge < -0.3 is 13.3 Å². The monoisotopic (exact) mass is 486 g/mol. The second-order valence-electron chi connectivity index (χ2n) is 7.44.